The predicted molar refractivity (Wildman–Crippen MR) is 342 cm³/mol. The van der Waals surface area contributed by atoms with Gasteiger partial charge in [0.2, 0.25) is 0 Å². The predicted octanol–water partition coefficient (Wildman–Crippen LogP) is 11.1. The first kappa shape index (κ1) is 64.7. The van der Waals surface area contributed by atoms with Gasteiger partial charge in [0.05, 0.1) is 20.0 Å². The minimum Gasteiger partial charge on any atom is -0.485 e. The van der Waals surface area contributed by atoms with Crippen LogP contribution in [-0.2, 0) is 28.6 Å². The molecular weight excluding hydrogens is 1180 g/mol. The van der Waals surface area contributed by atoms with Crippen molar-refractivity contribution in [3.8, 4) is 17.2 Å². The molecule has 3 atom stereocenters. The molecule has 1 saturated heterocycles. The quantitative estimate of drug-likeness (QED) is 0.0232. The van der Waals surface area contributed by atoms with Crippen LogP contribution >= 0.6 is 0 Å². The summed E-state index contributed by atoms with van der Waals surface area (Å²) in [5, 5.41) is 0. The van der Waals surface area contributed by atoms with Gasteiger partial charge in [-0.05, 0) is 53.1 Å². The third-order valence-corrected chi connectivity index (χ3v) is 15.2. The molecule has 0 aromatic heterocycles. The molecule has 18 heteroatoms. The topological polar surface area (TPSA) is 219 Å². The van der Waals surface area contributed by atoms with E-state index in [1.807, 2.05) is 0 Å². The smallest absolute Gasteiger partial charge is 0.328 e. The van der Waals surface area contributed by atoms with E-state index in [9.17, 15) is 28.8 Å². The van der Waals surface area contributed by atoms with Crippen molar-refractivity contribution in [2.24, 2.45) is 0 Å². The van der Waals surface area contributed by atoms with Gasteiger partial charge in [-0.1, -0.05) is 218 Å². The molecule has 1 aliphatic heterocycles. The zero-order chi connectivity index (χ0) is 64.9. The Morgan fingerprint density at radius 3 is 0.624 bits per heavy atom. The number of Topliss-reactive ketones (excluding diaryl/α,β-unsaturated/α-hetero) is 6. The molecule has 1 fully saturated rings. The Morgan fingerprint density at radius 2 is 0.430 bits per heavy atom. The van der Waals surface area contributed by atoms with Crippen LogP contribution < -0.4 is 14.2 Å². The number of ketones is 6. The van der Waals surface area contributed by atoms with Gasteiger partial charge in [0.1, 0.15) is 35.4 Å². The molecule has 0 radical (unpaired) electrons. The molecule has 18 nitrogen and oxygen atoms in total. The van der Waals surface area contributed by atoms with Crippen molar-refractivity contribution in [1.29, 1.82) is 0 Å². The molecule has 93 heavy (non-hydrogen) atoms. The number of hydrogen-bond donors (Lipinski definition) is 0. The molecule has 0 bridgehead atoms. The maximum atomic E-state index is 15.2. The van der Waals surface area contributed by atoms with E-state index in [0.29, 0.717) is 16.7 Å². The Balaban J connectivity index is 1.05. The van der Waals surface area contributed by atoms with Crippen molar-refractivity contribution >= 4 is 52.6 Å². The van der Waals surface area contributed by atoms with Crippen LogP contribution in [0.4, 0.5) is 0 Å². The minimum absolute atomic E-state index is 0.269. The molecule has 1 heterocycles. The van der Waals surface area contributed by atoms with E-state index in [2.05, 4.69) is 0 Å². The second-order valence-corrected chi connectivity index (χ2v) is 21.5. The Hall–Kier alpha value is -11.3. The number of ether oxygens (including phenoxy) is 6. The molecular formula is C75H63N3O15. The number of carbonyl (C=O) groups is 9. The molecule has 1 aliphatic rings. The fraction of sp³-hybridized carbons (Fsp3) is 0.160. The summed E-state index contributed by atoms with van der Waals surface area (Å²) in [7, 11) is 0. The average Bonchev–Trinajstić information content (AvgIpc) is 0.805. The fourth-order valence-corrected chi connectivity index (χ4v) is 10.4. The number of rotatable bonds is 30. The zero-order valence-corrected chi connectivity index (χ0v) is 50.3. The monoisotopic (exact) mass is 1250 g/mol. The SMILES string of the molecule is O=C(COC(=O)C(c1ccc(OCC(=O)c2ccccc2)cc1)N1CN(C(C(=O)OCC(=O)c2ccccc2)c2ccc(OCC(=O)c3ccccc3)cc2)CN(C(C(=O)OCC(=O)c2ccccc2)c2ccc(OCC(=O)c3ccccc3)cc2)C1)c1ccccc1. The van der Waals surface area contributed by atoms with E-state index in [1.54, 1.807) is 269 Å². The normalized spacial score (nSPS) is 13.4. The maximum Gasteiger partial charge on any atom is 0.328 e. The molecule has 0 amide bonds. The standard InChI is InChI=1S/C75H63N3O15/c79-64(52-19-7-1-8-20-52)43-88-61-37-31-58(32-38-61)70(73(85)91-46-67(82)55-25-13-4-14-26-55)76-49-77(71(74(86)92-47-68(83)56-27-15-5-16-28-56)59-33-39-62(40-34-59)89-44-65(80)53-21-9-2-10-22-53)51-78(50-76)72(75(87)93-48-69(84)57-29-17-6-18-30-57)60-35-41-63(42-36-60)90-45-66(81)54-23-11-3-12-24-54/h1-42,70-72H,43-51H2. The summed E-state index contributed by atoms with van der Waals surface area (Å²) in [6.07, 6.45) is 0. The first-order valence-electron chi connectivity index (χ1n) is 29.7. The number of nitrogens with zero attached hydrogens (tertiary/aromatic N) is 3. The van der Waals surface area contributed by atoms with Crippen LogP contribution in [0.3, 0.4) is 0 Å². The van der Waals surface area contributed by atoms with Gasteiger partial charge in [-0.3, -0.25) is 43.5 Å². The highest BCUT2D eigenvalue weighted by molar-refractivity contribution is 6.01. The molecule has 0 saturated carbocycles. The number of esters is 3. The molecule has 9 aromatic rings. The van der Waals surface area contributed by atoms with Gasteiger partial charge < -0.3 is 28.4 Å². The second kappa shape index (κ2) is 31.9. The van der Waals surface area contributed by atoms with Gasteiger partial charge in [-0.2, -0.15) is 0 Å². The highest BCUT2D eigenvalue weighted by Crippen LogP contribution is 2.36. The van der Waals surface area contributed by atoms with Crippen LogP contribution in [0.25, 0.3) is 0 Å². The van der Waals surface area contributed by atoms with Crippen molar-refractivity contribution in [2.45, 2.75) is 18.1 Å². The van der Waals surface area contributed by atoms with Crippen LogP contribution in [0.1, 0.15) is 97.0 Å². The Labute approximate surface area is 536 Å². The summed E-state index contributed by atoms with van der Waals surface area (Å²) in [5.41, 5.74) is 3.02. The van der Waals surface area contributed by atoms with Crippen LogP contribution in [-0.4, -0.2) is 127 Å². The lowest BCUT2D eigenvalue weighted by molar-refractivity contribution is -0.169. The van der Waals surface area contributed by atoms with E-state index < -0.39 is 73.2 Å². The van der Waals surface area contributed by atoms with Gasteiger partial charge in [0.25, 0.3) is 0 Å². The summed E-state index contributed by atoms with van der Waals surface area (Å²) >= 11 is 0. The molecule has 9 aromatic carbocycles. The van der Waals surface area contributed by atoms with Gasteiger partial charge in [-0.15, -0.1) is 0 Å². The highest BCUT2D eigenvalue weighted by atomic mass is 16.5. The van der Waals surface area contributed by atoms with Crippen LogP contribution in [0, 0.1) is 0 Å². The summed E-state index contributed by atoms with van der Waals surface area (Å²) in [5.74, 6) is -4.34. The Bertz CT molecular complexity index is 3610. The van der Waals surface area contributed by atoms with Crippen molar-refractivity contribution in [3.05, 3.63) is 305 Å². The molecule has 468 valence electrons. The van der Waals surface area contributed by atoms with E-state index in [0.717, 1.165) is 0 Å². The van der Waals surface area contributed by atoms with Gasteiger partial charge in [0.15, 0.2) is 74.3 Å². The molecule has 0 N–H and O–H groups in total. The first-order valence-corrected chi connectivity index (χ1v) is 29.7. The zero-order valence-electron chi connectivity index (χ0n) is 50.3. The van der Waals surface area contributed by atoms with Crippen LogP contribution in [0.2, 0.25) is 0 Å². The number of carbonyl (C=O) groups excluding carboxylic acids is 9. The number of benzene rings is 9. The van der Waals surface area contributed by atoms with Gasteiger partial charge >= 0.3 is 17.9 Å². The second-order valence-electron chi connectivity index (χ2n) is 21.5. The lowest BCUT2D eigenvalue weighted by Gasteiger charge is -2.48. The summed E-state index contributed by atoms with van der Waals surface area (Å²) in [4.78, 5) is 131. The summed E-state index contributed by atoms with van der Waals surface area (Å²) in [6.45, 7) is -3.87. The van der Waals surface area contributed by atoms with Crippen LogP contribution in [0.15, 0.2) is 255 Å². The Kier molecular flexibility index (Phi) is 22.2. The minimum atomic E-state index is -1.46. The van der Waals surface area contributed by atoms with Crippen molar-refractivity contribution in [1.82, 2.24) is 14.7 Å². The lowest BCUT2D eigenvalue weighted by Crippen LogP contribution is -2.60. The van der Waals surface area contributed by atoms with Crippen molar-refractivity contribution in [3.63, 3.8) is 0 Å². The van der Waals surface area contributed by atoms with Gasteiger partial charge in [-0.25, -0.2) is 14.4 Å². The highest BCUT2D eigenvalue weighted by Gasteiger charge is 2.44. The van der Waals surface area contributed by atoms with Crippen molar-refractivity contribution < 1.29 is 71.6 Å². The van der Waals surface area contributed by atoms with E-state index in [-0.39, 0.29) is 108 Å². The van der Waals surface area contributed by atoms with Crippen LogP contribution in [0.5, 0.6) is 17.2 Å². The van der Waals surface area contributed by atoms with E-state index in [4.69, 9.17) is 28.4 Å². The third kappa shape index (κ3) is 17.6. The lowest BCUT2D eigenvalue weighted by atomic mass is 10.0. The molecule has 3 unspecified atom stereocenters. The first-order chi connectivity index (χ1) is 45.3. The molecule has 0 aliphatic carbocycles. The van der Waals surface area contributed by atoms with E-state index >= 15 is 14.4 Å². The maximum absolute atomic E-state index is 15.2. The van der Waals surface area contributed by atoms with Crippen molar-refractivity contribution in [2.75, 3.05) is 59.6 Å². The largest absolute Gasteiger partial charge is 0.485 e. The Morgan fingerprint density at radius 1 is 0.247 bits per heavy atom. The van der Waals surface area contributed by atoms with Gasteiger partial charge in [0, 0.05) is 33.4 Å². The summed E-state index contributed by atoms with van der Waals surface area (Å²) in [6, 6.07) is 65.1. The molecule has 10 rings (SSSR count). The van der Waals surface area contributed by atoms with E-state index in [1.165, 1.54) is 0 Å². The average molecular weight is 1250 g/mol. The number of hydrogen-bond acceptors (Lipinski definition) is 18. The summed E-state index contributed by atoms with van der Waals surface area (Å²) < 4.78 is 35.7. The fourth-order valence-electron chi connectivity index (χ4n) is 10.4. The molecule has 0 spiro atoms. The third-order valence-electron chi connectivity index (χ3n) is 15.2.